The van der Waals surface area contributed by atoms with E-state index in [1.54, 1.807) is 31.4 Å². The summed E-state index contributed by atoms with van der Waals surface area (Å²) in [6, 6.07) is 14.1. The fraction of sp³-hybridized carbons (Fsp3) is 0.296. The summed E-state index contributed by atoms with van der Waals surface area (Å²) in [6.07, 6.45) is 1.33. The van der Waals surface area contributed by atoms with Crippen molar-refractivity contribution in [2.75, 3.05) is 28.4 Å². The van der Waals surface area contributed by atoms with E-state index in [1.807, 2.05) is 24.3 Å². The van der Waals surface area contributed by atoms with Crippen molar-refractivity contribution in [2.45, 2.75) is 24.9 Å². The Balaban J connectivity index is 1.38. The van der Waals surface area contributed by atoms with E-state index in [9.17, 15) is 4.79 Å². The first-order valence-corrected chi connectivity index (χ1v) is 11.5. The van der Waals surface area contributed by atoms with Gasteiger partial charge in [-0.3, -0.25) is 4.79 Å². The minimum absolute atomic E-state index is 0.156. The van der Waals surface area contributed by atoms with Crippen molar-refractivity contribution in [3.05, 3.63) is 65.7 Å². The highest BCUT2D eigenvalue weighted by atomic mass is 16.5. The number of carbonyl (C=O) groups is 1. The number of aromatic nitrogens is 2. The molecule has 2 aromatic carbocycles. The number of rotatable bonds is 10. The number of nitrogens with zero attached hydrogens (tertiary/aromatic N) is 2. The number of methoxy groups -OCH3 is 4. The van der Waals surface area contributed by atoms with Gasteiger partial charge in [0.25, 0.3) is 0 Å². The molecule has 1 saturated carbocycles. The summed E-state index contributed by atoms with van der Waals surface area (Å²) in [5, 5.41) is 8.26. The van der Waals surface area contributed by atoms with Crippen molar-refractivity contribution in [2.24, 2.45) is 0 Å². The van der Waals surface area contributed by atoms with Crippen LogP contribution >= 0.6 is 0 Å². The molecule has 0 amide bonds. The number of benzene rings is 2. The number of hydrogen-bond acceptors (Lipinski definition) is 9. The molecule has 36 heavy (non-hydrogen) atoms. The number of hydrogen-bond donors (Lipinski definition) is 0. The van der Waals surface area contributed by atoms with Crippen molar-refractivity contribution in [3.8, 4) is 40.0 Å². The van der Waals surface area contributed by atoms with E-state index in [1.165, 1.54) is 21.3 Å². The molecule has 5 rings (SSSR count). The zero-order valence-corrected chi connectivity index (χ0v) is 20.4. The van der Waals surface area contributed by atoms with E-state index in [0.29, 0.717) is 51.8 Å². The van der Waals surface area contributed by atoms with Crippen LogP contribution in [0.25, 0.3) is 22.8 Å². The van der Waals surface area contributed by atoms with E-state index in [2.05, 4.69) is 10.2 Å². The van der Waals surface area contributed by atoms with Crippen molar-refractivity contribution >= 4 is 5.78 Å². The van der Waals surface area contributed by atoms with Crippen molar-refractivity contribution in [1.82, 2.24) is 10.2 Å². The van der Waals surface area contributed by atoms with Gasteiger partial charge >= 0.3 is 0 Å². The lowest BCUT2D eigenvalue weighted by molar-refractivity contribution is 0.0577. The lowest BCUT2D eigenvalue weighted by Gasteiger charge is -2.15. The molecule has 2 aromatic heterocycles. The van der Waals surface area contributed by atoms with Gasteiger partial charge in [-0.25, -0.2) is 0 Å². The van der Waals surface area contributed by atoms with E-state index >= 15 is 0 Å². The highest BCUT2D eigenvalue weighted by Gasteiger charge is 2.30. The standard InChI is InChI=1S/C27H26N2O7/c1-31-21-12-11-18(24(33-3)25(21)34-4)19-13-14-20(35-19)22(30)23(32-2)15-5-7-16(8-6-15)26-28-29-27(36-26)17-9-10-17/h5-8,11-14,17,23H,9-10H2,1-4H3. The topological polar surface area (TPSA) is 106 Å². The number of ether oxygens (including phenoxy) is 4. The first kappa shape index (κ1) is 23.6. The molecular weight excluding hydrogens is 464 g/mol. The fourth-order valence-electron chi connectivity index (χ4n) is 4.08. The Morgan fingerprint density at radius 2 is 1.61 bits per heavy atom. The number of Topliss-reactive ketones (excluding diaryl/α,β-unsaturated/α-hetero) is 1. The van der Waals surface area contributed by atoms with Crippen LogP contribution in [0.1, 0.15) is 46.9 Å². The first-order chi connectivity index (χ1) is 17.6. The molecule has 1 fully saturated rings. The normalized spacial score (nSPS) is 13.9. The third kappa shape index (κ3) is 4.33. The van der Waals surface area contributed by atoms with E-state index in [0.717, 1.165) is 18.4 Å². The van der Waals surface area contributed by atoms with E-state index < -0.39 is 6.10 Å². The Hall–Kier alpha value is -4.11. The second-order valence-electron chi connectivity index (χ2n) is 8.37. The van der Waals surface area contributed by atoms with Crippen molar-refractivity contribution < 1.29 is 32.6 Å². The SMILES string of the molecule is COc1ccc(-c2ccc(C(=O)C(OC)c3ccc(-c4nnc(C5CC5)o4)cc3)o2)c(OC)c1OC. The first-order valence-electron chi connectivity index (χ1n) is 11.5. The fourth-order valence-corrected chi connectivity index (χ4v) is 4.08. The number of ketones is 1. The maximum absolute atomic E-state index is 13.3. The van der Waals surface area contributed by atoms with E-state index in [-0.39, 0.29) is 11.5 Å². The molecule has 9 nitrogen and oxygen atoms in total. The molecule has 0 N–H and O–H groups in total. The predicted molar refractivity (Wildman–Crippen MR) is 130 cm³/mol. The predicted octanol–water partition coefficient (Wildman–Crippen LogP) is 5.47. The molecule has 0 spiro atoms. The van der Waals surface area contributed by atoms with Gasteiger partial charge in [-0.2, -0.15) is 0 Å². The lowest BCUT2D eigenvalue weighted by atomic mass is 10.0. The highest BCUT2D eigenvalue weighted by Crippen LogP contribution is 2.45. The summed E-state index contributed by atoms with van der Waals surface area (Å²) < 4.78 is 33.6. The van der Waals surface area contributed by atoms with Crippen LogP contribution in [-0.4, -0.2) is 44.4 Å². The smallest absolute Gasteiger partial charge is 0.247 e. The van der Waals surface area contributed by atoms with Gasteiger partial charge in [0.05, 0.1) is 26.9 Å². The van der Waals surface area contributed by atoms with Gasteiger partial charge in [-0.1, -0.05) is 12.1 Å². The van der Waals surface area contributed by atoms with Crippen LogP contribution in [0.4, 0.5) is 0 Å². The molecule has 1 unspecified atom stereocenters. The Morgan fingerprint density at radius 3 is 2.25 bits per heavy atom. The summed E-state index contributed by atoms with van der Waals surface area (Å²) >= 11 is 0. The third-order valence-electron chi connectivity index (χ3n) is 6.12. The van der Waals surface area contributed by atoms with Crippen molar-refractivity contribution in [3.63, 3.8) is 0 Å². The Kier molecular flexibility index (Phi) is 6.47. The second kappa shape index (κ2) is 9.87. The van der Waals surface area contributed by atoms with E-state index in [4.69, 9.17) is 27.8 Å². The van der Waals surface area contributed by atoms with Crippen LogP contribution in [0, 0.1) is 0 Å². The van der Waals surface area contributed by atoms with Gasteiger partial charge in [0.1, 0.15) is 11.9 Å². The van der Waals surface area contributed by atoms with Crippen LogP contribution in [0.3, 0.4) is 0 Å². The second-order valence-corrected chi connectivity index (χ2v) is 8.37. The largest absolute Gasteiger partial charge is 0.493 e. The number of furan rings is 1. The Labute approximate surface area is 207 Å². The molecule has 4 aromatic rings. The van der Waals surface area contributed by atoms with Crippen LogP contribution in [0.5, 0.6) is 17.2 Å². The van der Waals surface area contributed by atoms with Crippen LogP contribution in [-0.2, 0) is 4.74 Å². The van der Waals surface area contributed by atoms with Crippen molar-refractivity contribution in [1.29, 1.82) is 0 Å². The maximum atomic E-state index is 13.3. The summed E-state index contributed by atoms with van der Waals surface area (Å²) in [7, 11) is 6.09. The molecule has 1 atom stereocenters. The molecule has 1 aliphatic carbocycles. The molecular formula is C27H26N2O7. The quantitative estimate of drug-likeness (QED) is 0.267. The number of carbonyl (C=O) groups excluding carboxylic acids is 1. The maximum Gasteiger partial charge on any atom is 0.247 e. The average Bonchev–Trinajstić information content (AvgIpc) is 3.44. The minimum Gasteiger partial charge on any atom is -0.493 e. The molecule has 1 aliphatic rings. The molecule has 0 radical (unpaired) electrons. The van der Waals surface area contributed by atoms with Gasteiger partial charge < -0.3 is 27.8 Å². The molecule has 2 heterocycles. The third-order valence-corrected chi connectivity index (χ3v) is 6.12. The summed E-state index contributed by atoms with van der Waals surface area (Å²) in [4.78, 5) is 13.3. The van der Waals surface area contributed by atoms with Crippen LogP contribution in [0.15, 0.2) is 57.4 Å². The highest BCUT2D eigenvalue weighted by molar-refractivity contribution is 5.98. The average molecular weight is 491 g/mol. The summed E-state index contributed by atoms with van der Waals surface area (Å²) in [6.45, 7) is 0. The zero-order chi connectivity index (χ0) is 25.2. The lowest BCUT2D eigenvalue weighted by Crippen LogP contribution is -2.14. The summed E-state index contributed by atoms with van der Waals surface area (Å²) in [5.41, 5.74) is 2.08. The molecule has 0 saturated heterocycles. The zero-order valence-electron chi connectivity index (χ0n) is 20.4. The van der Waals surface area contributed by atoms with Gasteiger partial charge in [-0.15, -0.1) is 10.2 Å². The molecule has 0 bridgehead atoms. The minimum atomic E-state index is -0.852. The Bertz CT molecular complexity index is 1370. The Morgan fingerprint density at radius 1 is 0.861 bits per heavy atom. The van der Waals surface area contributed by atoms with Gasteiger partial charge in [0.15, 0.2) is 17.3 Å². The van der Waals surface area contributed by atoms with Crippen LogP contribution < -0.4 is 14.2 Å². The van der Waals surface area contributed by atoms with Gasteiger partial charge in [0.2, 0.25) is 23.3 Å². The van der Waals surface area contributed by atoms with Gasteiger partial charge in [-0.05, 0) is 54.8 Å². The molecule has 186 valence electrons. The summed E-state index contributed by atoms with van der Waals surface area (Å²) in [5.74, 6) is 3.21. The van der Waals surface area contributed by atoms with Crippen LogP contribution in [0.2, 0.25) is 0 Å². The van der Waals surface area contributed by atoms with Gasteiger partial charge in [0, 0.05) is 18.6 Å². The molecule has 9 heteroatoms. The molecule has 0 aliphatic heterocycles. The monoisotopic (exact) mass is 490 g/mol.